The van der Waals surface area contributed by atoms with Crippen molar-refractivity contribution in [3.8, 4) is 0 Å². The van der Waals surface area contributed by atoms with Crippen LogP contribution in [0.4, 0.5) is 4.39 Å². The average molecular weight is 475 g/mol. The Morgan fingerprint density at radius 1 is 1.29 bits per heavy atom. The molecule has 3 aromatic rings. The lowest BCUT2D eigenvalue weighted by Gasteiger charge is -2.25. The van der Waals surface area contributed by atoms with Crippen LogP contribution in [-0.4, -0.2) is 57.3 Å². The Labute approximate surface area is 187 Å². The monoisotopic (exact) mass is 474 g/mol. The molecule has 0 radical (unpaired) electrons. The molecular formula is C19H21Cl2FN4O5. The largest absolute Gasteiger partial charge is 0.397 e. The first-order valence-corrected chi connectivity index (χ1v) is 9.44. The zero-order valence-electron chi connectivity index (χ0n) is 16.5. The molecule has 1 aliphatic rings. The van der Waals surface area contributed by atoms with Gasteiger partial charge in [0.2, 0.25) is 5.49 Å². The van der Waals surface area contributed by atoms with Gasteiger partial charge in [-0.25, -0.2) is 9.37 Å². The van der Waals surface area contributed by atoms with E-state index in [4.69, 9.17) is 25.9 Å². The number of H-pyrrole nitrogens is 1. The topological polar surface area (TPSA) is 114 Å². The summed E-state index contributed by atoms with van der Waals surface area (Å²) >= 11 is 5.76. The first-order valence-electron chi connectivity index (χ1n) is 9.07. The minimum atomic E-state index is -1.29. The van der Waals surface area contributed by atoms with Crippen molar-refractivity contribution in [1.82, 2.24) is 14.5 Å². The van der Waals surface area contributed by atoms with Crippen LogP contribution in [-0.2, 0) is 14.3 Å². The Morgan fingerprint density at radius 2 is 2.06 bits per heavy atom. The maximum Gasteiger partial charge on any atom is 0.203 e. The number of fused-ring (bicyclic) bond motifs is 1. The van der Waals surface area contributed by atoms with E-state index in [1.165, 1.54) is 32.7 Å². The zero-order chi connectivity index (χ0) is 21.4. The summed E-state index contributed by atoms with van der Waals surface area (Å²) in [6, 6.07) is 5.93. The number of nitrogens with one attached hydrogen (secondary N) is 1. The van der Waals surface area contributed by atoms with Gasteiger partial charge in [-0.05, 0) is 23.8 Å². The number of aromatic amines is 1. The second-order valence-corrected chi connectivity index (χ2v) is 7.19. The lowest BCUT2D eigenvalue weighted by molar-refractivity contribution is -0.0975. The van der Waals surface area contributed by atoms with Gasteiger partial charge in [-0.15, -0.1) is 12.4 Å². The van der Waals surface area contributed by atoms with Crippen LogP contribution in [0, 0.1) is 5.82 Å². The highest BCUT2D eigenvalue weighted by atomic mass is 35.5. The van der Waals surface area contributed by atoms with Crippen molar-refractivity contribution in [3.63, 3.8) is 0 Å². The number of aliphatic hydroxyl groups is 2. The fourth-order valence-corrected chi connectivity index (χ4v) is 3.81. The molecule has 2 aromatic heterocycles. The molecule has 31 heavy (non-hydrogen) atoms. The van der Waals surface area contributed by atoms with Crippen molar-refractivity contribution in [2.75, 3.05) is 14.2 Å². The highest BCUT2D eigenvalue weighted by Gasteiger charge is 2.48. The van der Waals surface area contributed by atoms with E-state index in [0.29, 0.717) is 22.1 Å². The van der Waals surface area contributed by atoms with Gasteiger partial charge in [-0.3, -0.25) is 0 Å². The van der Waals surface area contributed by atoms with Crippen LogP contribution in [0.2, 0.25) is 5.02 Å². The Kier molecular flexibility index (Phi) is 7.20. The predicted octanol–water partition coefficient (Wildman–Crippen LogP) is 2.05. The van der Waals surface area contributed by atoms with Gasteiger partial charge in [0.15, 0.2) is 6.23 Å². The van der Waals surface area contributed by atoms with Gasteiger partial charge in [0.05, 0.1) is 16.7 Å². The summed E-state index contributed by atoms with van der Waals surface area (Å²) in [5, 5.41) is 25.8. The second kappa shape index (κ2) is 9.51. The number of rotatable bonds is 5. The Morgan fingerprint density at radius 3 is 2.74 bits per heavy atom. The molecule has 4 rings (SSSR count). The molecule has 1 unspecified atom stereocenters. The van der Waals surface area contributed by atoms with Crippen LogP contribution in [0.5, 0.6) is 0 Å². The maximum atomic E-state index is 13.9. The van der Waals surface area contributed by atoms with E-state index in [1.54, 1.807) is 22.9 Å². The summed E-state index contributed by atoms with van der Waals surface area (Å²) in [7, 11) is 2.83. The van der Waals surface area contributed by atoms with E-state index in [-0.39, 0.29) is 17.4 Å². The van der Waals surface area contributed by atoms with E-state index in [2.05, 4.69) is 15.1 Å². The number of nitrogens with zero attached hydrogens (tertiary/aromatic N) is 3. The Hall–Kier alpha value is -2.21. The van der Waals surface area contributed by atoms with Crippen LogP contribution < -0.4 is 5.49 Å². The maximum absolute atomic E-state index is 13.9. The van der Waals surface area contributed by atoms with E-state index in [1.807, 2.05) is 0 Å². The molecule has 168 valence electrons. The molecule has 1 aliphatic heterocycles. The molecule has 3 N–H and O–H groups in total. The number of hydrogen-bond acceptors (Lipinski definition) is 7. The number of hydrogen-bond donors (Lipinski definition) is 3. The molecule has 0 aliphatic carbocycles. The first-order chi connectivity index (χ1) is 14.5. The summed E-state index contributed by atoms with van der Waals surface area (Å²) in [4.78, 5) is 11.9. The molecule has 3 heterocycles. The van der Waals surface area contributed by atoms with Crippen LogP contribution in [0.25, 0.3) is 11.0 Å². The highest BCUT2D eigenvalue weighted by molar-refractivity contribution is 6.30. The standard InChI is InChI=1S/C19H20ClFN4O5.ClH/c1-28-15(9-3-4-11(20)12(21)7-9)16-13(26)14(27)19(30-16)25-6-5-10-17(24-29-2)22-8-23-18(10)25;/h3-8,13-16,19,26-27H,1-2H3,(H,22,23,24);1H/t13-,14+,15?,16-,19+;/m0./s1. The van der Waals surface area contributed by atoms with Crippen molar-refractivity contribution >= 4 is 35.0 Å². The highest BCUT2D eigenvalue weighted by Crippen LogP contribution is 2.39. The van der Waals surface area contributed by atoms with Crippen LogP contribution in [0.15, 0.2) is 41.9 Å². The molecule has 9 nitrogen and oxygen atoms in total. The van der Waals surface area contributed by atoms with Gasteiger partial charge in [0, 0.05) is 13.3 Å². The van der Waals surface area contributed by atoms with E-state index in [9.17, 15) is 14.6 Å². The summed E-state index contributed by atoms with van der Waals surface area (Å²) in [5.74, 6) is -0.617. The Bertz CT molecular complexity index is 1120. The third-order valence-corrected chi connectivity index (χ3v) is 5.40. The molecule has 0 amide bonds. The quantitative estimate of drug-likeness (QED) is 0.487. The minimum Gasteiger partial charge on any atom is -0.397 e. The molecule has 1 aromatic carbocycles. The Balaban J connectivity index is 0.00000272. The number of benzene rings is 1. The number of aromatic nitrogens is 3. The lowest BCUT2D eigenvalue weighted by atomic mass is 9.99. The first kappa shape index (κ1) is 23.5. The zero-order valence-corrected chi connectivity index (χ0v) is 18.0. The molecule has 1 saturated heterocycles. The van der Waals surface area contributed by atoms with Gasteiger partial charge in [0.25, 0.3) is 0 Å². The molecule has 5 atom stereocenters. The molecule has 12 heteroatoms. The summed E-state index contributed by atoms with van der Waals surface area (Å²) in [5.41, 5.74) is 1.33. The van der Waals surface area contributed by atoms with Crippen molar-refractivity contribution in [2.45, 2.75) is 30.6 Å². The van der Waals surface area contributed by atoms with Gasteiger partial charge >= 0.3 is 0 Å². The number of methoxy groups -OCH3 is 1. The van der Waals surface area contributed by atoms with Crippen LogP contribution in [0.1, 0.15) is 17.9 Å². The van der Waals surface area contributed by atoms with E-state index in [0.717, 1.165) is 0 Å². The second-order valence-electron chi connectivity index (χ2n) is 6.79. The fourth-order valence-electron chi connectivity index (χ4n) is 3.69. The van der Waals surface area contributed by atoms with Crippen molar-refractivity contribution < 1.29 is 28.9 Å². The molecule has 1 fully saturated rings. The SMILES string of the molecule is CO/N=c1\nc[nH]c2c1ccn2[C@@H]1O[C@H](C(OC)c2ccc(Cl)c(F)c2)[C@@H](O)[C@H]1O.Cl. The normalized spacial score (nSPS) is 24.9. The molecule has 0 bridgehead atoms. The number of aliphatic hydroxyl groups excluding tert-OH is 2. The van der Waals surface area contributed by atoms with E-state index >= 15 is 0 Å². The van der Waals surface area contributed by atoms with Crippen molar-refractivity contribution in [1.29, 1.82) is 0 Å². The van der Waals surface area contributed by atoms with Gasteiger partial charge in [0.1, 0.15) is 43.0 Å². The summed E-state index contributed by atoms with van der Waals surface area (Å²) in [6.45, 7) is 0. The molecule has 0 spiro atoms. The van der Waals surface area contributed by atoms with Gasteiger partial charge in [-0.1, -0.05) is 22.8 Å². The summed E-state index contributed by atoms with van der Waals surface area (Å²) in [6.07, 6.45) is -2.20. The van der Waals surface area contributed by atoms with Crippen molar-refractivity contribution in [3.05, 3.63) is 58.7 Å². The number of ether oxygens (including phenoxy) is 2. The van der Waals surface area contributed by atoms with E-state index < -0.39 is 36.5 Å². The van der Waals surface area contributed by atoms with Crippen molar-refractivity contribution in [2.24, 2.45) is 5.16 Å². The van der Waals surface area contributed by atoms with Gasteiger partial charge in [-0.2, -0.15) is 0 Å². The number of halogens is 3. The summed E-state index contributed by atoms with van der Waals surface area (Å²) < 4.78 is 27.0. The smallest absolute Gasteiger partial charge is 0.203 e. The minimum absolute atomic E-state index is 0. The van der Waals surface area contributed by atoms with Crippen LogP contribution in [0.3, 0.4) is 0 Å². The fraction of sp³-hybridized carbons (Fsp3) is 0.368. The van der Waals surface area contributed by atoms with Gasteiger partial charge < -0.3 is 34.1 Å². The lowest BCUT2D eigenvalue weighted by Crippen LogP contribution is -2.35. The van der Waals surface area contributed by atoms with Crippen LogP contribution >= 0.6 is 24.0 Å². The molecular weight excluding hydrogens is 454 g/mol. The third-order valence-electron chi connectivity index (χ3n) is 5.10. The molecule has 0 saturated carbocycles. The predicted molar refractivity (Wildman–Crippen MR) is 111 cm³/mol. The average Bonchev–Trinajstić information content (AvgIpc) is 3.28. The third kappa shape index (κ3) is 4.14.